The number of hydrogen-bond acceptors (Lipinski definition) is 13. The molecule has 0 radical (unpaired) electrons. The molecule has 0 aromatic rings. The number of hydrogen-bond donors (Lipinski definition) is 0. The van der Waals surface area contributed by atoms with E-state index in [0.29, 0.717) is 42.5 Å². The van der Waals surface area contributed by atoms with E-state index in [0.717, 1.165) is 94.9 Å². The van der Waals surface area contributed by atoms with Crippen molar-refractivity contribution in [3.63, 3.8) is 0 Å². The van der Waals surface area contributed by atoms with E-state index in [2.05, 4.69) is 50.4 Å². The van der Waals surface area contributed by atoms with E-state index in [4.69, 9.17) is 27.4 Å². The predicted octanol–water partition coefficient (Wildman–Crippen LogP) is 8.21. The van der Waals surface area contributed by atoms with Crippen LogP contribution in [0.3, 0.4) is 0 Å². The van der Waals surface area contributed by atoms with Gasteiger partial charge in [0.2, 0.25) is 0 Å². The highest BCUT2D eigenvalue weighted by Crippen LogP contribution is 2.48. The van der Waals surface area contributed by atoms with Crippen molar-refractivity contribution in [1.82, 2.24) is 14.7 Å². The van der Waals surface area contributed by atoms with Gasteiger partial charge in [0.25, 0.3) is 0 Å². The minimum absolute atomic E-state index is 0.279. The first-order valence-corrected chi connectivity index (χ1v) is 23.7. The molecule has 2 unspecified atom stereocenters. The van der Waals surface area contributed by atoms with Crippen molar-refractivity contribution in [3.8, 4) is 24.3 Å². The van der Waals surface area contributed by atoms with Gasteiger partial charge in [-0.3, -0.25) is 0 Å². The molecule has 0 saturated carbocycles. The molecule has 352 valence electrons. The van der Waals surface area contributed by atoms with Crippen LogP contribution in [0.1, 0.15) is 119 Å². The van der Waals surface area contributed by atoms with Crippen molar-refractivity contribution in [1.29, 1.82) is 21.0 Å². The number of likely N-dealkylation sites (tertiary alicyclic amines) is 3. The van der Waals surface area contributed by atoms with Crippen LogP contribution >= 0.6 is 0 Å². The number of esters is 3. The highest BCUT2D eigenvalue weighted by Gasteiger charge is 2.47. The van der Waals surface area contributed by atoms with Crippen LogP contribution in [0.25, 0.3) is 9.69 Å². The summed E-state index contributed by atoms with van der Waals surface area (Å²) in [7, 11) is 0. The molecular formula is C52H63N9O6. The second-order valence-electron chi connectivity index (χ2n) is 21.3. The molecule has 15 nitrogen and oxygen atoms in total. The van der Waals surface area contributed by atoms with Gasteiger partial charge in [-0.25, -0.2) is 25.8 Å². The van der Waals surface area contributed by atoms with Crippen molar-refractivity contribution in [2.75, 3.05) is 59.1 Å². The van der Waals surface area contributed by atoms with E-state index in [1.54, 1.807) is 0 Å². The fourth-order valence-corrected chi connectivity index (χ4v) is 10.8. The van der Waals surface area contributed by atoms with Crippen LogP contribution in [0, 0.1) is 86.5 Å². The number of nitriles is 4. The highest BCUT2D eigenvalue weighted by molar-refractivity contribution is 5.96. The summed E-state index contributed by atoms with van der Waals surface area (Å²) < 4.78 is 17.4. The first-order valence-electron chi connectivity index (χ1n) is 23.7. The van der Waals surface area contributed by atoms with E-state index in [1.165, 1.54) is 0 Å². The first kappa shape index (κ1) is 49.9. The average Bonchev–Trinajstić information content (AvgIpc) is 4.11. The molecule has 0 aromatic heterocycles. The van der Waals surface area contributed by atoms with Crippen molar-refractivity contribution in [2.24, 2.45) is 28.1 Å². The number of ether oxygens (including phenoxy) is 3. The zero-order valence-electron chi connectivity index (χ0n) is 40.1. The van der Waals surface area contributed by atoms with Gasteiger partial charge in [-0.2, -0.15) is 21.0 Å². The van der Waals surface area contributed by atoms with Gasteiger partial charge in [-0.05, 0) is 104 Å². The molecule has 3 heterocycles. The van der Waals surface area contributed by atoms with Gasteiger partial charge >= 0.3 is 23.9 Å². The molecule has 6 aliphatic rings. The SMILES string of the molecule is [C-]#[N+]C1=C(N2CCCC2)CC(C)(C)CC1C([N+]#[C-])C(=O)OCC(COC(=O)/C(C#N)=C1\CC(C)(C)CC(N2CCCC2)=C1C#N)COC(=O)/C(C#N)=C1\CC(C)(C)CC(N2CCCC2)=C1C#N. The van der Waals surface area contributed by atoms with Gasteiger partial charge < -0.3 is 33.8 Å². The maximum Gasteiger partial charge on any atom is 0.389 e. The van der Waals surface area contributed by atoms with Crippen molar-refractivity contribution < 1.29 is 28.6 Å². The molecule has 6 rings (SSSR count). The second-order valence-corrected chi connectivity index (χ2v) is 21.3. The van der Waals surface area contributed by atoms with Crippen LogP contribution in [0.15, 0.2) is 56.2 Å². The van der Waals surface area contributed by atoms with Crippen LogP contribution in [0.2, 0.25) is 0 Å². The van der Waals surface area contributed by atoms with Gasteiger partial charge in [-0.15, -0.1) is 0 Å². The summed E-state index contributed by atoms with van der Waals surface area (Å²) in [6, 6.07) is 7.17. The molecule has 67 heavy (non-hydrogen) atoms. The fraction of sp³-hybridized carbons (Fsp3) is 0.635. The zero-order chi connectivity index (χ0) is 48.7. The number of carbonyl (C=O) groups excluding carboxylic acids is 3. The smallest absolute Gasteiger partial charge is 0.389 e. The minimum atomic E-state index is -1.36. The lowest BCUT2D eigenvalue weighted by atomic mass is 9.70. The molecule has 3 aliphatic heterocycles. The fourth-order valence-electron chi connectivity index (χ4n) is 10.8. The van der Waals surface area contributed by atoms with E-state index in [1.807, 2.05) is 39.8 Å². The van der Waals surface area contributed by atoms with E-state index < -0.39 is 55.6 Å². The van der Waals surface area contributed by atoms with E-state index >= 15 is 0 Å². The van der Waals surface area contributed by atoms with Crippen LogP contribution in [-0.2, 0) is 28.6 Å². The summed E-state index contributed by atoms with van der Waals surface area (Å²) >= 11 is 0. The standard InChI is InChI=1S/C52H63N9O6/c1-50(2)21-35(38(27-53)42(24-50)59-15-9-10-16-59)40(29-55)47(62)65-31-34(32-66-48(63)41(30-56)36-22-51(3,4)25-43(39(36)28-54)60-17-11-12-18-60)33-67-49(64)46(58-8)37-23-52(5,6)26-44(45(37)57-7)61-19-13-14-20-61/h34,37,46H,9-26,31-33H2,1-6H3/b40-35+,41-36+. The van der Waals surface area contributed by atoms with E-state index in [9.17, 15) is 35.4 Å². The first-order chi connectivity index (χ1) is 31.9. The predicted molar refractivity (Wildman–Crippen MR) is 246 cm³/mol. The second kappa shape index (κ2) is 21.0. The van der Waals surface area contributed by atoms with Crippen LogP contribution < -0.4 is 0 Å². The molecule has 0 amide bonds. The summed E-state index contributed by atoms with van der Waals surface area (Å²) in [6.07, 6.45) is 8.69. The lowest BCUT2D eigenvalue weighted by Gasteiger charge is -2.39. The third-order valence-corrected chi connectivity index (χ3v) is 14.0. The average molecular weight is 910 g/mol. The zero-order valence-corrected chi connectivity index (χ0v) is 40.1. The highest BCUT2D eigenvalue weighted by atomic mass is 16.6. The Balaban J connectivity index is 1.29. The van der Waals surface area contributed by atoms with Crippen LogP contribution in [-0.4, -0.2) is 97.7 Å². The molecule has 0 aromatic carbocycles. The summed E-state index contributed by atoms with van der Waals surface area (Å²) in [5.74, 6) is -4.66. The topological polar surface area (TPSA) is 192 Å². The maximum atomic E-state index is 14.0. The Bertz CT molecular complexity index is 2310. The number of rotatable bonds is 13. The molecule has 0 bridgehead atoms. The Morgan fingerprint density at radius 3 is 1.37 bits per heavy atom. The maximum absolute atomic E-state index is 14.0. The van der Waals surface area contributed by atoms with Gasteiger partial charge in [-0.1, -0.05) is 41.5 Å². The molecule has 2 atom stereocenters. The largest absolute Gasteiger partial charge is 0.461 e. The van der Waals surface area contributed by atoms with Gasteiger partial charge in [0.05, 0.1) is 29.6 Å². The van der Waals surface area contributed by atoms with Crippen molar-refractivity contribution in [3.05, 3.63) is 79.1 Å². The Morgan fingerprint density at radius 2 is 1.00 bits per heavy atom. The number of nitrogens with zero attached hydrogens (tertiary/aromatic N) is 9. The summed E-state index contributed by atoms with van der Waals surface area (Å²) in [4.78, 5) is 56.1. The van der Waals surface area contributed by atoms with Crippen molar-refractivity contribution in [2.45, 2.75) is 125 Å². The Hall–Kier alpha value is -6.55. The molecule has 0 spiro atoms. The molecular weight excluding hydrogens is 847 g/mol. The lowest BCUT2D eigenvalue weighted by Crippen LogP contribution is -2.39. The number of allylic oxidation sites excluding steroid dienone is 7. The third kappa shape index (κ3) is 11.4. The quantitative estimate of drug-likeness (QED) is 0.0565. The minimum Gasteiger partial charge on any atom is -0.461 e. The molecule has 15 heteroatoms. The molecule has 0 N–H and O–H groups in total. The van der Waals surface area contributed by atoms with Crippen molar-refractivity contribution >= 4 is 17.9 Å². The van der Waals surface area contributed by atoms with Crippen LogP contribution in [0.4, 0.5) is 0 Å². The van der Waals surface area contributed by atoms with Gasteiger partial charge in [0.1, 0.15) is 55.2 Å². The summed E-state index contributed by atoms with van der Waals surface area (Å²) in [5, 5.41) is 41.7. The van der Waals surface area contributed by atoms with E-state index in [-0.39, 0.29) is 51.4 Å². The number of carbonyl (C=O) groups is 3. The summed E-state index contributed by atoms with van der Waals surface area (Å²) in [6.45, 7) is 31.7. The Labute approximate surface area is 396 Å². The normalized spacial score (nSPS) is 24.1. The lowest BCUT2D eigenvalue weighted by molar-refractivity contribution is -0.151. The van der Waals surface area contributed by atoms with Gasteiger partial charge in [0, 0.05) is 56.4 Å². The molecule has 3 fully saturated rings. The Morgan fingerprint density at radius 1 is 0.612 bits per heavy atom. The molecule has 3 saturated heterocycles. The Kier molecular flexibility index (Phi) is 15.6. The van der Waals surface area contributed by atoms with Crippen LogP contribution in [0.5, 0.6) is 0 Å². The summed E-state index contributed by atoms with van der Waals surface area (Å²) in [5.41, 5.74) is 2.31. The molecule has 3 aliphatic carbocycles. The van der Waals surface area contributed by atoms with Gasteiger partial charge in [0.15, 0.2) is 5.70 Å². The third-order valence-electron chi connectivity index (χ3n) is 14.0. The monoisotopic (exact) mass is 909 g/mol.